The summed E-state index contributed by atoms with van der Waals surface area (Å²) >= 11 is 0. The lowest BCUT2D eigenvalue weighted by Crippen LogP contribution is -2.57. The highest BCUT2D eigenvalue weighted by Gasteiger charge is 2.57. The number of amides is 3. The standard InChI is InChI=1S/C25H35N3O3/c1-3-27-24(30)28(22-8-6-21(7-9-22)20-4-5-20)23(29)25(27)11-13-26(14-12-25)17-19-10-15-31-18(2)16-19/h6-9,18-20H,3-5,10-17H2,1-2H3/t18-,19+/m1/s1. The zero-order valence-electron chi connectivity index (χ0n) is 18.9. The van der Waals surface area contributed by atoms with E-state index in [4.69, 9.17) is 4.74 Å². The highest BCUT2D eigenvalue weighted by molar-refractivity contribution is 6.23. The molecule has 1 saturated carbocycles. The van der Waals surface area contributed by atoms with Crippen LogP contribution in [0.25, 0.3) is 0 Å². The number of nitrogens with zero attached hydrogens (tertiary/aromatic N) is 3. The number of urea groups is 1. The molecular weight excluding hydrogens is 390 g/mol. The first-order valence-electron chi connectivity index (χ1n) is 12.1. The molecule has 1 aromatic carbocycles. The van der Waals surface area contributed by atoms with E-state index in [-0.39, 0.29) is 11.9 Å². The topological polar surface area (TPSA) is 53.1 Å². The molecule has 3 aliphatic heterocycles. The summed E-state index contributed by atoms with van der Waals surface area (Å²) in [6.07, 6.45) is 6.52. The molecule has 0 aromatic heterocycles. The first kappa shape index (κ1) is 21.0. The van der Waals surface area contributed by atoms with Gasteiger partial charge in [-0.2, -0.15) is 0 Å². The minimum atomic E-state index is -0.680. The number of likely N-dealkylation sites (tertiary alicyclic amines) is 1. The van der Waals surface area contributed by atoms with Gasteiger partial charge in [-0.3, -0.25) is 4.79 Å². The van der Waals surface area contributed by atoms with Crippen molar-refractivity contribution in [2.24, 2.45) is 5.92 Å². The van der Waals surface area contributed by atoms with Gasteiger partial charge in [-0.25, -0.2) is 9.69 Å². The molecule has 31 heavy (non-hydrogen) atoms. The van der Waals surface area contributed by atoms with Gasteiger partial charge >= 0.3 is 6.03 Å². The fourth-order valence-corrected chi connectivity index (χ4v) is 5.90. The van der Waals surface area contributed by atoms with Gasteiger partial charge in [-0.15, -0.1) is 0 Å². The summed E-state index contributed by atoms with van der Waals surface area (Å²) in [6.45, 7) is 8.39. The van der Waals surface area contributed by atoms with E-state index in [2.05, 4.69) is 24.0 Å². The van der Waals surface area contributed by atoms with Crippen molar-refractivity contribution in [3.8, 4) is 0 Å². The number of piperidine rings is 1. The summed E-state index contributed by atoms with van der Waals surface area (Å²) < 4.78 is 5.69. The molecule has 6 nitrogen and oxygen atoms in total. The number of rotatable bonds is 5. The maximum Gasteiger partial charge on any atom is 0.332 e. The van der Waals surface area contributed by atoms with Crippen molar-refractivity contribution in [3.63, 3.8) is 0 Å². The van der Waals surface area contributed by atoms with Gasteiger partial charge in [0.2, 0.25) is 0 Å². The predicted molar refractivity (Wildman–Crippen MR) is 120 cm³/mol. The van der Waals surface area contributed by atoms with Gasteiger partial charge in [0.25, 0.3) is 5.91 Å². The molecule has 168 valence electrons. The van der Waals surface area contributed by atoms with Crippen LogP contribution in [0.1, 0.15) is 63.9 Å². The Bertz CT molecular complexity index is 827. The lowest BCUT2D eigenvalue weighted by molar-refractivity contribution is -0.127. The summed E-state index contributed by atoms with van der Waals surface area (Å²) in [6, 6.07) is 7.94. The smallest absolute Gasteiger partial charge is 0.332 e. The molecule has 1 aliphatic carbocycles. The van der Waals surface area contributed by atoms with Gasteiger partial charge in [-0.1, -0.05) is 12.1 Å². The van der Waals surface area contributed by atoms with Crippen LogP contribution in [-0.4, -0.2) is 66.2 Å². The number of imide groups is 1. The minimum absolute atomic E-state index is 0.0298. The second-order valence-electron chi connectivity index (χ2n) is 9.94. The van der Waals surface area contributed by atoms with E-state index in [1.54, 1.807) is 0 Å². The summed E-state index contributed by atoms with van der Waals surface area (Å²) in [7, 11) is 0. The molecule has 4 aliphatic rings. The monoisotopic (exact) mass is 425 g/mol. The van der Waals surface area contributed by atoms with Gasteiger partial charge in [0.05, 0.1) is 11.8 Å². The maximum atomic E-state index is 13.7. The Morgan fingerprint density at radius 2 is 1.77 bits per heavy atom. The number of ether oxygens (including phenoxy) is 1. The van der Waals surface area contributed by atoms with Crippen molar-refractivity contribution < 1.29 is 14.3 Å². The first-order valence-corrected chi connectivity index (χ1v) is 12.1. The quantitative estimate of drug-likeness (QED) is 0.669. The van der Waals surface area contributed by atoms with Crippen molar-refractivity contribution in [2.75, 3.05) is 37.7 Å². The molecule has 3 saturated heterocycles. The van der Waals surface area contributed by atoms with E-state index < -0.39 is 5.54 Å². The van der Waals surface area contributed by atoms with E-state index in [1.165, 1.54) is 23.3 Å². The summed E-state index contributed by atoms with van der Waals surface area (Å²) in [5.41, 5.74) is 1.36. The Balaban J connectivity index is 1.29. The van der Waals surface area contributed by atoms with Crippen molar-refractivity contribution in [1.29, 1.82) is 0 Å². The van der Waals surface area contributed by atoms with Crippen LogP contribution < -0.4 is 4.90 Å². The van der Waals surface area contributed by atoms with Crippen LogP contribution in [-0.2, 0) is 9.53 Å². The lowest BCUT2D eigenvalue weighted by atomic mass is 9.85. The van der Waals surface area contributed by atoms with E-state index >= 15 is 0 Å². The molecule has 1 aromatic rings. The first-order chi connectivity index (χ1) is 15.0. The number of carbonyl (C=O) groups excluding carboxylic acids is 2. The van der Waals surface area contributed by atoms with E-state index in [0.717, 1.165) is 51.9 Å². The largest absolute Gasteiger partial charge is 0.378 e. The fourth-order valence-electron chi connectivity index (χ4n) is 5.90. The maximum absolute atomic E-state index is 13.7. The highest BCUT2D eigenvalue weighted by atomic mass is 16.5. The Kier molecular flexibility index (Phi) is 5.55. The minimum Gasteiger partial charge on any atom is -0.378 e. The normalized spacial score (nSPS) is 29.2. The van der Waals surface area contributed by atoms with E-state index in [1.807, 2.05) is 24.0 Å². The zero-order valence-corrected chi connectivity index (χ0v) is 18.9. The van der Waals surface area contributed by atoms with Crippen LogP contribution in [0, 0.1) is 5.92 Å². The van der Waals surface area contributed by atoms with Crippen molar-refractivity contribution >= 4 is 17.6 Å². The molecule has 2 atom stereocenters. The number of hydrogen-bond acceptors (Lipinski definition) is 4. The van der Waals surface area contributed by atoms with Crippen LogP contribution >= 0.6 is 0 Å². The van der Waals surface area contributed by atoms with Gasteiger partial charge in [0, 0.05) is 32.8 Å². The van der Waals surface area contributed by atoms with Gasteiger partial charge in [0.1, 0.15) is 5.54 Å². The van der Waals surface area contributed by atoms with Gasteiger partial charge in [0.15, 0.2) is 0 Å². The molecule has 3 amide bonds. The number of benzene rings is 1. The Morgan fingerprint density at radius 3 is 2.39 bits per heavy atom. The van der Waals surface area contributed by atoms with Crippen molar-refractivity contribution in [3.05, 3.63) is 29.8 Å². The van der Waals surface area contributed by atoms with Crippen LogP contribution in [0.4, 0.5) is 10.5 Å². The third kappa shape index (κ3) is 3.78. The third-order valence-corrected chi connectivity index (χ3v) is 7.85. The molecule has 4 fully saturated rings. The molecule has 0 radical (unpaired) electrons. The van der Waals surface area contributed by atoms with Crippen molar-refractivity contribution in [2.45, 2.75) is 69.9 Å². The summed E-state index contributed by atoms with van der Waals surface area (Å²) in [5.74, 6) is 1.31. The van der Waals surface area contributed by atoms with E-state index in [0.29, 0.717) is 30.2 Å². The predicted octanol–water partition coefficient (Wildman–Crippen LogP) is 4.00. The van der Waals surface area contributed by atoms with E-state index in [9.17, 15) is 9.59 Å². The van der Waals surface area contributed by atoms with Gasteiger partial charge in [-0.05, 0) is 81.9 Å². The lowest BCUT2D eigenvalue weighted by Gasteiger charge is -2.43. The summed E-state index contributed by atoms with van der Waals surface area (Å²) in [5, 5.41) is 0. The van der Waals surface area contributed by atoms with Crippen LogP contribution in [0.3, 0.4) is 0 Å². The molecule has 6 heteroatoms. The third-order valence-electron chi connectivity index (χ3n) is 7.85. The molecular formula is C25H35N3O3. The van der Waals surface area contributed by atoms with Gasteiger partial charge < -0.3 is 14.5 Å². The fraction of sp³-hybridized carbons (Fsp3) is 0.680. The SMILES string of the molecule is CCN1C(=O)N(c2ccc(C3CC3)cc2)C(=O)C12CCN(C[C@H]1CCO[C@H](C)C1)CC2. The number of hydrogen-bond donors (Lipinski definition) is 0. The van der Waals surface area contributed by atoms with Crippen LogP contribution in [0.2, 0.25) is 0 Å². The van der Waals surface area contributed by atoms with Crippen molar-refractivity contribution in [1.82, 2.24) is 9.80 Å². The second kappa shape index (κ2) is 8.21. The number of carbonyl (C=O) groups is 2. The molecule has 5 rings (SSSR count). The average molecular weight is 426 g/mol. The highest BCUT2D eigenvalue weighted by Crippen LogP contribution is 2.42. The average Bonchev–Trinajstić information content (AvgIpc) is 3.59. The molecule has 0 N–H and O–H groups in total. The zero-order chi connectivity index (χ0) is 21.6. The molecule has 0 bridgehead atoms. The summed E-state index contributed by atoms with van der Waals surface area (Å²) in [4.78, 5) is 32.7. The molecule has 0 unspecified atom stereocenters. The molecule has 3 heterocycles. The second-order valence-corrected chi connectivity index (χ2v) is 9.94. The Labute approximate surface area is 185 Å². The Morgan fingerprint density at radius 1 is 1.06 bits per heavy atom. The molecule has 1 spiro atoms. The Hall–Kier alpha value is -1.92. The van der Waals surface area contributed by atoms with Crippen LogP contribution in [0.15, 0.2) is 24.3 Å². The number of likely N-dealkylation sites (N-methyl/N-ethyl adjacent to an activating group) is 1. The number of anilines is 1. The van der Waals surface area contributed by atoms with Crippen LogP contribution in [0.5, 0.6) is 0 Å².